The summed E-state index contributed by atoms with van der Waals surface area (Å²) in [7, 11) is 0. The van der Waals surface area contributed by atoms with E-state index >= 15 is 0 Å². The quantitative estimate of drug-likeness (QED) is 0.215. The van der Waals surface area contributed by atoms with Crippen LogP contribution in [0.2, 0.25) is 0 Å². The van der Waals surface area contributed by atoms with E-state index in [4.69, 9.17) is 14.1 Å². The highest BCUT2D eigenvalue weighted by Gasteiger charge is 2.37. The molecule has 46 heavy (non-hydrogen) atoms. The second-order valence-electron chi connectivity index (χ2n) is 12.6. The summed E-state index contributed by atoms with van der Waals surface area (Å²) in [6.45, 7) is 4.42. The number of fused-ring (bicyclic) bond motifs is 3. The smallest absolute Gasteiger partial charge is 0.251 e. The first kappa shape index (κ1) is 30.2. The number of amides is 1. The van der Waals surface area contributed by atoms with Crippen molar-refractivity contribution in [3.8, 4) is 5.75 Å². The Hall–Kier alpha value is -4.48. The molecule has 2 bridgehead atoms. The molecule has 0 spiro atoms. The van der Waals surface area contributed by atoms with Crippen LogP contribution >= 0.6 is 0 Å². The van der Waals surface area contributed by atoms with Crippen LogP contribution in [0, 0.1) is 6.92 Å². The summed E-state index contributed by atoms with van der Waals surface area (Å²) in [5.41, 5.74) is 4.63. The van der Waals surface area contributed by atoms with Gasteiger partial charge in [-0.25, -0.2) is 9.97 Å². The molecule has 240 valence electrons. The van der Waals surface area contributed by atoms with Crippen molar-refractivity contribution in [2.45, 2.75) is 76.8 Å². The lowest BCUT2D eigenvalue weighted by Gasteiger charge is -2.36. The fraction of sp³-hybridized carbons (Fsp3) is 0.429. The number of carbonyl (C=O) groups excluding carboxylic acids is 1. The van der Waals surface area contributed by atoms with Gasteiger partial charge in [-0.1, -0.05) is 6.07 Å². The number of carbonyl (C=O) groups is 1. The Balaban J connectivity index is 0.963. The SMILES string of the molecule is Cc1ncoc1COc1ccc2c(c1)CCN(C[C@@H](O)CNC(=O)c1cc(Nc3cccnc3)nc(N3C4CCCC3CC4)c1)C2. The van der Waals surface area contributed by atoms with Crippen LogP contribution in [0.3, 0.4) is 0 Å². The number of nitrogens with zero attached hydrogens (tertiary/aromatic N) is 5. The molecule has 3 aliphatic rings. The molecule has 3 aliphatic heterocycles. The Kier molecular flexibility index (Phi) is 8.85. The molecule has 0 radical (unpaired) electrons. The Bertz CT molecular complexity index is 1650. The zero-order valence-corrected chi connectivity index (χ0v) is 26.2. The van der Waals surface area contributed by atoms with Gasteiger partial charge in [-0.15, -0.1) is 0 Å². The number of aromatic nitrogens is 3. The number of piperidine rings is 1. The molecule has 3 aromatic heterocycles. The molecule has 1 amide bonds. The van der Waals surface area contributed by atoms with Crippen LogP contribution in [0.25, 0.3) is 0 Å². The van der Waals surface area contributed by atoms with Gasteiger partial charge in [0.15, 0.2) is 12.2 Å². The van der Waals surface area contributed by atoms with Crippen LogP contribution in [0.5, 0.6) is 5.75 Å². The number of hydrogen-bond donors (Lipinski definition) is 3. The summed E-state index contributed by atoms with van der Waals surface area (Å²) in [6.07, 6.45) is 10.9. The predicted molar refractivity (Wildman–Crippen MR) is 174 cm³/mol. The van der Waals surface area contributed by atoms with E-state index < -0.39 is 6.10 Å². The third-order valence-corrected chi connectivity index (χ3v) is 9.42. The molecule has 11 heteroatoms. The molecular weight excluding hydrogens is 582 g/mol. The van der Waals surface area contributed by atoms with E-state index in [0.29, 0.717) is 36.6 Å². The Labute approximate surface area is 269 Å². The van der Waals surface area contributed by atoms with Crippen LogP contribution in [0.15, 0.2) is 65.7 Å². The van der Waals surface area contributed by atoms with Crippen molar-refractivity contribution in [1.29, 1.82) is 0 Å². The molecule has 7 rings (SSSR count). The molecule has 11 nitrogen and oxygen atoms in total. The maximum atomic E-state index is 13.5. The number of aryl methyl sites for hydroxylation is 1. The van der Waals surface area contributed by atoms with Crippen molar-refractivity contribution >= 4 is 23.2 Å². The molecule has 0 aliphatic carbocycles. The monoisotopic (exact) mass is 623 g/mol. The van der Waals surface area contributed by atoms with Crippen LogP contribution in [0.4, 0.5) is 17.3 Å². The summed E-state index contributed by atoms with van der Waals surface area (Å²) in [4.78, 5) is 31.3. The average molecular weight is 624 g/mol. The summed E-state index contributed by atoms with van der Waals surface area (Å²) < 4.78 is 11.3. The largest absolute Gasteiger partial charge is 0.486 e. The van der Waals surface area contributed by atoms with E-state index in [-0.39, 0.29) is 12.5 Å². The van der Waals surface area contributed by atoms with Gasteiger partial charge >= 0.3 is 0 Å². The number of benzene rings is 1. The van der Waals surface area contributed by atoms with Crippen LogP contribution in [0.1, 0.15) is 65.0 Å². The highest BCUT2D eigenvalue weighted by molar-refractivity contribution is 5.96. The van der Waals surface area contributed by atoms with Gasteiger partial charge in [-0.05, 0) is 93.0 Å². The second kappa shape index (κ2) is 13.5. The Morgan fingerprint density at radius 3 is 2.78 bits per heavy atom. The van der Waals surface area contributed by atoms with E-state index in [9.17, 15) is 9.90 Å². The number of nitrogens with one attached hydrogen (secondary N) is 2. The normalized spacial score (nSPS) is 19.8. The van der Waals surface area contributed by atoms with E-state index in [2.05, 4.69) is 42.5 Å². The molecule has 2 fully saturated rings. The van der Waals surface area contributed by atoms with E-state index in [1.807, 2.05) is 31.2 Å². The summed E-state index contributed by atoms with van der Waals surface area (Å²) in [5, 5.41) is 17.2. The van der Waals surface area contributed by atoms with E-state index in [1.54, 1.807) is 18.5 Å². The molecule has 4 aromatic rings. The molecule has 0 saturated carbocycles. The zero-order chi connectivity index (χ0) is 31.5. The lowest BCUT2D eigenvalue weighted by molar-refractivity contribution is 0.0841. The van der Waals surface area contributed by atoms with Crippen molar-refractivity contribution in [2.75, 3.05) is 29.9 Å². The maximum absolute atomic E-state index is 13.5. The van der Waals surface area contributed by atoms with Crippen LogP contribution in [-0.2, 0) is 19.6 Å². The highest BCUT2D eigenvalue weighted by Crippen LogP contribution is 2.39. The zero-order valence-electron chi connectivity index (χ0n) is 26.2. The first-order chi connectivity index (χ1) is 22.5. The number of pyridine rings is 2. The standard InChI is InChI=1S/C35H41N7O4/c1-23-32(46-22-38-23)21-45-31-10-7-25-19-41(13-11-24(25)14-31)20-30(43)18-37-35(44)26-15-33(39-27-4-3-12-36-17-27)40-34(16-26)42-28-5-2-6-29(42)9-8-28/h3-4,7,10,12,14-17,22,28-30,43H,2,5-6,8-9,11,13,18-21H2,1H3,(H,37,44)(H,39,40)/t28?,29?,30-/m0/s1. The van der Waals surface area contributed by atoms with Crippen LogP contribution in [-0.4, -0.2) is 68.7 Å². The van der Waals surface area contributed by atoms with Crippen molar-refractivity contribution in [3.63, 3.8) is 0 Å². The van der Waals surface area contributed by atoms with Gasteiger partial charge in [-0.3, -0.25) is 14.7 Å². The van der Waals surface area contributed by atoms with Crippen molar-refractivity contribution in [1.82, 2.24) is 25.2 Å². The minimum atomic E-state index is -0.703. The third kappa shape index (κ3) is 6.85. The third-order valence-electron chi connectivity index (χ3n) is 9.42. The number of ether oxygens (including phenoxy) is 1. The topological polar surface area (TPSA) is 129 Å². The fourth-order valence-corrected chi connectivity index (χ4v) is 7.04. The first-order valence-electron chi connectivity index (χ1n) is 16.3. The maximum Gasteiger partial charge on any atom is 0.251 e. The van der Waals surface area contributed by atoms with Crippen molar-refractivity contribution in [3.05, 3.63) is 89.4 Å². The van der Waals surface area contributed by atoms with Gasteiger partial charge in [0.25, 0.3) is 5.91 Å². The van der Waals surface area contributed by atoms with Gasteiger partial charge in [0.1, 0.15) is 24.0 Å². The lowest BCUT2D eigenvalue weighted by atomic mass is 9.99. The minimum absolute atomic E-state index is 0.161. The van der Waals surface area contributed by atoms with Gasteiger partial charge in [0.05, 0.1) is 23.7 Å². The highest BCUT2D eigenvalue weighted by atomic mass is 16.5. The summed E-state index contributed by atoms with van der Waals surface area (Å²) in [6, 6.07) is 14.5. The molecular formula is C35H41N7O4. The van der Waals surface area contributed by atoms with Gasteiger partial charge in [0, 0.05) is 50.0 Å². The Morgan fingerprint density at radius 1 is 1.13 bits per heavy atom. The van der Waals surface area contributed by atoms with Crippen LogP contribution < -0.4 is 20.3 Å². The molecule has 2 unspecified atom stereocenters. The summed E-state index contributed by atoms with van der Waals surface area (Å²) >= 11 is 0. The van der Waals surface area contributed by atoms with E-state index in [1.165, 1.54) is 36.8 Å². The Morgan fingerprint density at radius 2 is 2.00 bits per heavy atom. The second-order valence-corrected chi connectivity index (χ2v) is 12.6. The van der Waals surface area contributed by atoms with Crippen molar-refractivity contribution < 1.29 is 19.1 Å². The average Bonchev–Trinajstić information content (AvgIpc) is 3.60. The van der Waals surface area contributed by atoms with Gasteiger partial charge < -0.3 is 29.8 Å². The van der Waals surface area contributed by atoms with Gasteiger partial charge in [-0.2, -0.15) is 0 Å². The lowest BCUT2D eigenvalue weighted by Crippen LogP contribution is -2.42. The number of oxazole rings is 1. The first-order valence-corrected chi connectivity index (χ1v) is 16.3. The van der Waals surface area contributed by atoms with E-state index in [0.717, 1.165) is 61.1 Å². The number of rotatable bonds is 11. The molecule has 3 atom stereocenters. The number of β-amino-alcohol motifs (C(OH)–C–C–N with tert-alkyl or cyclic N) is 1. The summed E-state index contributed by atoms with van der Waals surface area (Å²) in [5.74, 6) is 2.75. The number of hydrogen-bond acceptors (Lipinski definition) is 10. The predicted octanol–water partition coefficient (Wildman–Crippen LogP) is 4.77. The number of aliphatic hydroxyl groups excluding tert-OH is 1. The molecule has 6 heterocycles. The molecule has 2 saturated heterocycles. The van der Waals surface area contributed by atoms with Gasteiger partial charge in [0.2, 0.25) is 0 Å². The number of anilines is 3. The number of aliphatic hydroxyl groups is 1. The molecule has 3 N–H and O–H groups in total. The van der Waals surface area contributed by atoms with Crippen molar-refractivity contribution in [2.24, 2.45) is 0 Å². The molecule has 1 aromatic carbocycles. The minimum Gasteiger partial charge on any atom is -0.486 e. The fourth-order valence-electron chi connectivity index (χ4n) is 7.04.